The summed E-state index contributed by atoms with van der Waals surface area (Å²) < 4.78 is 0. The maximum Gasteiger partial charge on any atom is 0.0406 e. The third-order valence-electron chi connectivity index (χ3n) is 2.62. The van der Waals surface area contributed by atoms with E-state index in [1.54, 1.807) is 0 Å². The molecule has 1 heteroatoms. The zero-order valence-electron chi connectivity index (χ0n) is 9.09. The van der Waals surface area contributed by atoms with Gasteiger partial charge >= 0.3 is 0 Å². The lowest BCUT2D eigenvalue weighted by atomic mass is 9.90. The van der Waals surface area contributed by atoms with E-state index >= 15 is 0 Å². The third kappa shape index (κ3) is 3.34. The summed E-state index contributed by atoms with van der Waals surface area (Å²) in [5.41, 5.74) is 1.44. The Hall–Kier alpha value is -0.490. The summed E-state index contributed by atoms with van der Waals surface area (Å²) in [5.74, 6) is 0.724. The van der Waals surface area contributed by atoms with Crippen LogP contribution in [-0.4, -0.2) is 0 Å². The minimum Gasteiger partial charge on any atom is -0.0843 e. The molecule has 0 N–H and O–H groups in total. The van der Waals surface area contributed by atoms with Crippen LogP contribution in [0.15, 0.2) is 24.3 Å². The Bertz CT molecular complexity index is 244. The van der Waals surface area contributed by atoms with E-state index < -0.39 is 0 Å². The summed E-state index contributed by atoms with van der Waals surface area (Å²) in [6, 6.07) is 8.32. The Balaban J connectivity index is 2.71. The van der Waals surface area contributed by atoms with Gasteiger partial charge in [0.1, 0.15) is 0 Å². The van der Waals surface area contributed by atoms with Crippen molar-refractivity contribution in [2.75, 3.05) is 0 Å². The zero-order chi connectivity index (χ0) is 10.4. The van der Waals surface area contributed by atoms with Crippen LogP contribution in [-0.2, 0) is 0 Å². The molecule has 0 amide bonds. The van der Waals surface area contributed by atoms with Crippen LogP contribution in [0.5, 0.6) is 0 Å². The quantitative estimate of drug-likeness (QED) is 0.640. The Morgan fingerprint density at radius 3 is 1.93 bits per heavy atom. The highest BCUT2D eigenvalue weighted by molar-refractivity contribution is 6.30. The van der Waals surface area contributed by atoms with E-state index in [1.807, 2.05) is 12.1 Å². The van der Waals surface area contributed by atoms with Crippen LogP contribution in [0.25, 0.3) is 0 Å². The van der Waals surface area contributed by atoms with Crippen LogP contribution < -0.4 is 0 Å². The SMILES string of the molecule is CCCC(CCC)c1ccc(Cl)cc1. The van der Waals surface area contributed by atoms with Gasteiger partial charge in [-0.1, -0.05) is 50.4 Å². The molecule has 14 heavy (non-hydrogen) atoms. The van der Waals surface area contributed by atoms with E-state index in [0.717, 1.165) is 10.9 Å². The van der Waals surface area contributed by atoms with Gasteiger partial charge in [0.2, 0.25) is 0 Å². The van der Waals surface area contributed by atoms with Crippen molar-refractivity contribution in [1.82, 2.24) is 0 Å². The fourth-order valence-corrected chi connectivity index (χ4v) is 2.04. The molecule has 1 aromatic carbocycles. The Morgan fingerprint density at radius 1 is 1.00 bits per heavy atom. The molecule has 0 fully saturated rings. The summed E-state index contributed by atoms with van der Waals surface area (Å²) in [5, 5.41) is 0.834. The van der Waals surface area contributed by atoms with Crippen molar-refractivity contribution in [3.63, 3.8) is 0 Å². The molecule has 1 rings (SSSR count). The van der Waals surface area contributed by atoms with Crippen LogP contribution in [0.3, 0.4) is 0 Å². The second-order valence-corrected chi connectivity index (χ2v) is 4.26. The second-order valence-electron chi connectivity index (χ2n) is 3.83. The lowest BCUT2D eigenvalue weighted by molar-refractivity contribution is 0.561. The van der Waals surface area contributed by atoms with Gasteiger partial charge in [0.05, 0.1) is 0 Å². The van der Waals surface area contributed by atoms with Crippen LogP contribution in [0, 0.1) is 0 Å². The van der Waals surface area contributed by atoms with Gasteiger partial charge in [-0.05, 0) is 36.5 Å². The highest BCUT2D eigenvalue weighted by Crippen LogP contribution is 2.27. The predicted molar refractivity (Wildman–Crippen MR) is 64.0 cm³/mol. The van der Waals surface area contributed by atoms with Gasteiger partial charge in [0.15, 0.2) is 0 Å². The minimum atomic E-state index is 0.724. The van der Waals surface area contributed by atoms with Crippen molar-refractivity contribution >= 4 is 11.6 Å². The molecule has 0 aliphatic carbocycles. The molecule has 0 saturated heterocycles. The Labute approximate surface area is 92.3 Å². The largest absolute Gasteiger partial charge is 0.0843 e. The van der Waals surface area contributed by atoms with Crippen LogP contribution >= 0.6 is 11.6 Å². The highest BCUT2D eigenvalue weighted by Gasteiger charge is 2.08. The van der Waals surface area contributed by atoms with Crippen LogP contribution in [0.2, 0.25) is 5.02 Å². The zero-order valence-corrected chi connectivity index (χ0v) is 9.85. The monoisotopic (exact) mass is 210 g/mol. The molecule has 78 valence electrons. The maximum absolute atomic E-state index is 5.87. The summed E-state index contributed by atoms with van der Waals surface area (Å²) in [6.07, 6.45) is 5.09. The fourth-order valence-electron chi connectivity index (χ4n) is 1.91. The summed E-state index contributed by atoms with van der Waals surface area (Å²) in [6.45, 7) is 4.50. The second kappa shape index (κ2) is 6.08. The third-order valence-corrected chi connectivity index (χ3v) is 2.87. The average Bonchev–Trinajstić information content (AvgIpc) is 2.19. The first-order chi connectivity index (χ1) is 6.77. The topological polar surface area (TPSA) is 0 Å². The normalized spacial score (nSPS) is 10.9. The Kier molecular flexibility index (Phi) is 5.03. The van der Waals surface area contributed by atoms with E-state index in [1.165, 1.54) is 31.2 Å². The fraction of sp³-hybridized carbons (Fsp3) is 0.538. The molecule has 0 aliphatic rings. The van der Waals surface area contributed by atoms with E-state index in [0.29, 0.717) is 0 Å². The summed E-state index contributed by atoms with van der Waals surface area (Å²) in [4.78, 5) is 0. The molecular weight excluding hydrogens is 192 g/mol. The predicted octanol–water partition coefficient (Wildman–Crippen LogP) is 5.02. The van der Waals surface area contributed by atoms with Crippen LogP contribution in [0.4, 0.5) is 0 Å². The molecule has 0 spiro atoms. The maximum atomic E-state index is 5.87. The molecule has 0 radical (unpaired) electrons. The number of rotatable bonds is 5. The van der Waals surface area contributed by atoms with E-state index in [4.69, 9.17) is 11.6 Å². The van der Waals surface area contributed by atoms with Crippen molar-refractivity contribution in [3.05, 3.63) is 34.9 Å². The van der Waals surface area contributed by atoms with E-state index in [9.17, 15) is 0 Å². The van der Waals surface area contributed by atoms with Gasteiger partial charge in [0.25, 0.3) is 0 Å². The first kappa shape index (κ1) is 11.6. The first-order valence-corrected chi connectivity index (χ1v) is 5.91. The molecule has 1 aromatic rings. The summed E-state index contributed by atoms with van der Waals surface area (Å²) >= 11 is 5.87. The first-order valence-electron chi connectivity index (χ1n) is 5.53. The lowest BCUT2D eigenvalue weighted by Crippen LogP contribution is -1.97. The van der Waals surface area contributed by atoms with Gasteiger partial charge < -0.3 is 0 Å². The van der Waals surface area contributed by atoms with Gasteiger partial charge in [-0.25, -0.2) is 0 Å². The molecule has 0 bridgehead atoms. The van der Waals surface area contributed by atoms with E-state index in [-0.39, 0.29) is 0 Å². The van der Waals surface area contributed by atoms with E-state index in [2.05, 4.69) is 26.0 Å². The van der Waals surface area contributed by atoms with Crippen molar-refractivity contribution in [3.8, 4) is 0 Å². The van der Waals surface area contributed by atoms with Crippen molar-refractivity contribution < 1.29 is 0 Å². The molecule has 0 nitrogen and oxygen atoms in total. The standard InChI is InChI=1S/C13H19Cl/c1-3-5-11(6-4-2)12-7-9-13(14)10-8-12/h7-11H,3-6H2,1-2H3. The molecule has 0 unspecified atom stereocenters. The number of hydrogen-bond donors (Lipinski definition) is 0. The molecule has 0 aromatic heterocycles. The van der Waals surface area contributed by atoms with Crippen molar-refractivity contribution in [2.45, 2.75) is 45.4 Å². The summed E-state index contributed by atoms with van der Waals surface area (Å²) in [7, 11) is 0. The molecule has 0 aliphatic heterocycles. The number of halogens is 1. The van der Waals surface area contributed by atoms with Crippen molar-refractivity contribution in [1.29, 1.82) is 0 Å². The molecular formula is C13H19Cl. The van der Waals surface area contributed by atoms with Crippen molar-refractivity contribution in [2.24, 2.45) is 0 Å². The van der Waals surface area contributed by atoms with Gasteiger partial charge in [-0.3, -0.25) is 0 Å². The number of hydrogen-bond acceptors (Lipinski definition) is 0. The smallest absolute Gasteiger partial charge is 0.0406 e. The molecule has 0 heterocycles. The lowest BCUT2D eigenvalue weighted by Gasteiger charge is -2.15. The average molecular weight is 211 g/mol. The molecule has 0 atom stereocenters. The van der Waals surface area contributed by atoms with Crippen LogP contribution in [0.1, 0.15) is 51.0 Å². The Morgan fingerprint density at radius 2 is 1.50 bits per heavy atom. The van der Waals surface area contributed by atoms with Gasteiger partial charge in [-0.15, -0.1) is 0 Å². The van der Waals surface area contributed by atoms with Gasteiger partial charge in [0, 0.05) is 5.02 Å². The minimum absolute atomic E-state index is 0.724. The number of benzene rings is 1. The van der Waals surface area contributed by atoms with Gasteiger partial charge in [-0.2, -0.15) is 0 Å². The molecule has 0 saturated carbocycles. The highest BCUT2D eigenvalue weighted by atomic mass is 35.5.